The molecule has 1 unspecified atom stereocenters. The number of hydrogen-bond donors (Lipinski definition) is 0. The van der Waals surface area contributed by atoms with E-state index in [4.69, 9.17) is 23.2 Å². The second-order valence-corrected chi connectivity index (χ2v) is 9.21. The highest BCUT2D eigenvalue weighted by Crippen LogP contribution is 2.24. The minimum absolute atomic E-state index is 0.178. The van der Waals surface area contributed by atoms with Gasteiger partial charge in [-0.05, 0) is 49.2 Å². The first kappa shape index (κ1) is 21.6. The third-order valence-electron chi connectivity index (χ3n) is 6.14. The van der Waals surface area contributed by atoms with Crippen molar-refractivity contribution in [2.24, 2.45) is 0 Å². The van der Waals surface area contributed by atoms with E-state index >= 15 is 0 Å². The van der Waals surface area contributed by atoms with Gasteiger partial charge in [0, 0.05) is 32.7 Å². The monoisotopic (exact) mass is 445 g/mol. The molecule has 2 heterocycles. The van der Waals surface area contributed by atoms with Gasteiger partial charge in [0.1, 0.15) is 0 Å². The van der Waals surface area contributed by atoms with Crippen LogP contribution in [0.25, 0.3) is 0 Å². The quantitative estimate of drug-likeness (QED) is 0.661. The van der Waals surface area contributed by atoms with Crippen LogP contribution in [0.15, 0.2) is 48.5 Å². The number of halogens is 2. The van der Waals surface area contributed by atoms with Crippen LogP contribution in [-0.2, 0) is 17.8 Å². The van der Waals surface area contributed by atoms with Crippen molar-refractivity contribution in [3.05, 3.63) is 69.7 Å². The van der Waals surface area contributed by atoms with Crippen molar-refractivity contribution in [3.8, 4) is 0 Å². The lowest BCUT2D eigenvalue weighted by Gasteiger charge is -2.43. The molecule has 160 valence electrons. The molecule has 0 spiro atoms. The Morgan fingerprint density at radius 3 is 2.37 bits per heavy atom. The predicted octanol–water partition coefficient (Wildman–Crippen LogP) is 4.34. The molecule has 4 nitrogen and oxygen atoms in total. The van der Waals surface area contributed by atoms with Crippen LogP contribution in [0.1, 0.15) is 24.0 Å². The van der Waals surface area contributed by atoms with Gasteiger partial charge in [0.15, 0.2) is 0 Å². The predicted molar refractivity (Wildman–Crippen MR) is 123 cm³/mol. The van der Waals surface area contributed by atoms with Crippen LogP contribution in [-0.4, -0.2) is 65.9 Å². The highest BCUT2D eigenvalue weighted by Gasteiger charge is 2.32. The van der Waals surface area contributed by atoms with Gasteiger partial charge < -0.3 is 9.80 Å². The van der Waals surface area contributed by atoms with Gasteiger partial charge in [-0.15, -0.1) is 0 Å². The Labute approximate surface area is 189 Å². The van der Waals surface area contributed by atoms with Crippen LogP contribution in [0.3, 0.4) is 0 Å². The average Bonchev–Trinajstić information content (AvgIpc) is 3.25. The number of nitrogens with zero attached hydrogens (tertiary/aromatic N) is 3. The summed E-state index contributed by atoms with van der Waals surface area (Å²) in [5.74, 6) is 0.178. The number of benzene rings is 2. The van der Waals surface area contributed by atoms with Crippen LogP contribution in [0.4, 0.5) is 0 Å². The zero-order valence-corrected chi connectivity index (χ0v) is 18.8. The van der Waals surface area contributed by atoms with Gasteiger partial charge in [0.25, 0.3) is 0 Å². The fourth-order valence-electron chi connectivity index (χ4n) is 4.58. The maximum atomic E-state index is 13.2. The first-order chi connectivity index (χ1) is 14.6. The Morgan fingerprint density at radius 2 is 1.63 bits per heavy atom. The molecule has 2 saturated heterocycles. The lowest BCUT2D eigenvalue weighted by Crippen LogP contribution is -2.58. The topological polar surface area (TPSA) is 26.8 Å². The van der Waals surface area contributed by atoms with Gasteiger partial charge in [0.2, 0.25) is 5.91 Å². The van der Waals surface area contributed by atoms with Crippen LogP contribution >= 0.6 is 23.2 Å². The van der Waals surface area contributed by atoms with Gasteiger partial charge in [0.05, 0.1) is 22.5 Å². The molecule has 30 heavy (non-hydrogen) atoms. The lowest BCUT2D eigenvalue weighted by molar-refractivity contribution is -0.136. The average molecular weight is 446 g/mol. The Hall–Kier alpha value is -1.59. The van der Waals surface area contributed by atoms with Gasteiger partial charge in [-0.1, -0.05) is 59.6 Å². The standard InChI is InChI=1S/C24H29Cl2N3O/c25-22-9-8-20(14-23(22)26)15-24(30)29-13-12-28(16-19-6-2-1-3-7-19)18-21(29)17-27-10-4-5-11-27/h1-3,6-9,14,21H,4-5,10-13,15-18H2. The number of carbonyl (C=O) groups is 1. The Kier molecular flexibility index (Phi) is 7.32. The molecule has 2 aromatic rings. The molecule has 2 aromatic carbocycles. The lowest BCUT2D eigenvalue weighted by atomic mass is 10.1. The van der Waals surface area contributed by atoms with Gasteiger partial charge in [-0.3, -0.25) is 9.69 Å². The molecule has 2 fully saturated rings. The molecular weight excluding hydrogens is 417 g/mol. The zero-order valence-electron chi connectivity index (χ0n) is 17.3. The van der Waals surface area contributed by atoms with E-state index in [0.29, 0.717) is 16.5 Å². The van der Waals surface area contributed by atoms with Crippen molar-refractivity contribution in [1.82, 2.24) is 14.7 Å². The van der Waals surface area contributed by atoms with E-state index in [-0.39, 0.29) is 11.9 Å². The number of piperazine rings is 1. The Bertz CT molecular complexity index is 855. The van der Waals surface area contributed by atoms with Crippen molar-refractivity contribution in [2.45, 2.75) is 31.8 Å². The molecule has 2 aliphatic heterocycles. The third-order valence-corrected chi connectivity index (χ3v) is 6.88. The molecule has 2 aliphatic rings. The summed E-state index contributed by atoms with van der Waals surface area (Å²) in [7, 11) is 0. The van der Waals surface area contributed by atoms with Gasteiger partial charge in [-0.2, -0.15) is 0 Å². The Morgan fingerprint density at radius 1 is 0.867 bits per heavy atom. The molecule has 0 radical (unpaired) electrons. The number of likely N-dealkylation sites (tertiary alicyclic amines) is 1. The van der Waals surface area contributed by atoms with Crippen LogP contribution in [0.2, 0.25) is 10.0 Å². The van der Waals surface area contributed by atoms with E-state index in [0.717, 1.165) is 51.4 Å². The molecule has 4 rings (SSSR count). The van der Waals surface area contributed by atoms with E-state index in [9.17, 15) is 4.79 Å². The molecular formula is C24H29Cl2N3O. The molecule has 0 N–H and O–H groups in total. The summed E-state index contributed by atoms with van der Waals surface area (Å²) < 4.78 is 0. The van der Waals surface area contributed by atoms with E-state index in [1.165, 1.54) is 18.4 Å². The van der Waals surface area contributed by atoms with Crippen molar-refractivity contribution in [3.63, 3.8) is 0 Å². The normalized spacial score (nSPS) is 20.6. The van der Waals surface area contributed by atoms with E-state index < -0.39 is 0 Å². The highest BCUT2D eigenvalue weighted by molar-refractivity contribution is 6.42. The van der Waals surface area contributed by atoms with E-state index in [1.807, 2.05) is 12.1 Å². The maximum Gasteiger partial charge on any atom is 0.227 e. The summed E-state index contributed by atoms with van der Waals surface area (Å²) in [5, 5.41) is 1.03. The maximum absolute atomic E-state index is 13.2. The number of amides is 1. The molecule has 0 aliphatic carbocycles. The van der Waals surface area contributed by atoms with Gasteiger partial charge >= 0.3 is 0 Å². The summed E-state index contributed by atoms with van der Waals surface area (Å²) in [5.41, 5.74) is 2.24. The Balaban J connectivity index is 1.44. The van der Waals surface area contributed by atoms with Crippen LogP contribution in [0, 0.1) is 0 Å². The first-order valence-corrected chi connectivity index (χ1v) is 11.6. The summed E-state index contributed by atoms with van der Waals surface area (Å²) in [4.78, 5) is 20.3. The number of hydrogen-bond acceptors (Lipinski definition) is 3. The van der Waals surface area contributed by atoms with Crippen molar-refractivity contribution < 1.29 is 4.79 Å². The minimum Gasteiger partial charge on any atom is -0.336 e. The van der Waals surface area contributed by atoms with E-state index in [1.54, 1.807) is 6.07 Å². The molecule has 0 bridgehead atoms. The third kappa shape index (κ3) is 5.55. The van der Waals surface area contributed by atoms with Crippen molar-refractivity contribution in [1.29, 1.82) is 0 Å². The summed E-state index contributed by atoms with van der Waals surface area (Å²) in [6, 6.07) is 16.3. The molecule has 0 saturated carbocycles. The largest absolute Gasteiger partial charge is 0.336 e. The van der Waals surface area contributed by atoms with Crippen molar-refractivity contribution >= 4 is 29.1 Å². The van der Waals surface area contributed by atoms with Crippen LogP contribution in [0.5, 0.6) is 0 Å². The smallest absolute Gasteiger partial charge is 0.227 e. The second-order valence-electron chi connectivity index (χ2n) is 8.39. The highest BCUT2D eigenvalue weighted by atomic mass is 35.5. The molecule has 6 heteroatoms. The van der Waals surface area contributed by atoms with Crippen LogP contribution < -0.4 is 0 Å². The summed E-state index contributed by atoms with van der Waals surface area (Å²) in [6.07, 6.45) is 2.89. The number of rotatable bonds is 6. The van der Waals surface area contributed by atoms with Crippen molar-refractivity contribution in [2.75, 3.05) is 39.3 Å². The molecule has 1 atom stereocenters. The fourth-order valence-corrected chi connectivity index (χ4v) is 4.90. The molecule has 0 aromatic heterocycles. The first-order valence-electron chi connectivity index (χ1n) is 10.8. The molecule has 1 amide bonds. The minimum atomic E-state index is 0.178. The summed E-state index contributed by atoms with van der Waals surface area (Å²) in [6.45, 7) is 6.76. The number of carbonyl (C=O) groups excluding carboxylic acids is 1. The second kappa shape index (κ2) is 10.1. The van der Waals surface area contributed by atoms with E-state index in [2.05, 4.69) is 45.0 Å². The fraction of sp³-hybridized carbons (Fsp3) is 0.458. The van der Waals surface area contributed by atoms with Gasteiger partial charge in [-0.25, -0.2) is 0 Å². The SMILES string of the molecule is O=C(Cc1ccc(Cl)c(Cl)c1)N1CCN(Cc2ccccc2)CC1CN1CCCC1. The zero-order chi connectivity index (χ0) is 20.9. The summed E-state index contributed by atoms with van der Waals surface area (Å²) >= 11 is 12.2.